The minimum atomic E-state index is -1.91. The van der Waals surface area contributed by atoms with Crippen molar-refractivity contribution < 1.29 is 28.6 Å². The molecule has 30 heavy (non-hydrogen) atoms. The Morgan fingerprint density at radius 2 is 1.90 bits per heavy atom. The van der Waals surface area contributed by atoms with Gasteiger partial charge in [0.2, 0.25) is 5.60 Å². The first kappa shape index (κ1) is 22.2. The third kappa shape index (κ3) is 4.19. The van der Waals surface area contributed by atoms with Gasteiger partial charge < -0.3 is 14.2 Å². The first-order valence-corrected chi connectivity index (χ1v) is 10.4. The van der Waals surface area contributed by atoms with Gasteiger partial charge in [0.1, 0.15) is 11.5 Å². The van der Waals surface area contributed by atoms with Gasteiger partial charge in [-0.2, -0.15) is 0 Å². The summed E-state index contributed by atoms with van der Waals surface area (Å²) in [4.78, 5) is 39.4. The van der Waals surface area contributed by atoms with Crippen LogP contribution in [0.4, 0.5) is 0 Å². The van der Waals surface area contributed by atoms with Crippen molar-refractivity contribution in [2.75, 3.05) is 6.61 Å². The number of ether oxygens (including phenoxy) is 3. The van der Waals surface area contributed by atoms with Gasteiger partial charge in [0.25, 0.3) is 0 Å². The normalized spacial score (nSPS) is 29.7. The molecule has 0 radical (unpaired) electrons. The van der Waals surface area contributed by atoms with E-state index in [4.69, 9.17) is 14.2 Å². The zero-order valence-electron chi connectivity index (χ0n) is 18.3. The lowest BCUT2D eigenvalue weighted by Crippen LogP contribution is -2.59. The molecule has 1 aromatic rings. The molecule has 1 aromatic carbocycles. The molecular formula is C24H30O6. The number of carbonyl (C=O) groups is 3. The maximum atomic E-state index is 13.5. The number of benzene rings is 1. The van der Waals surface area contributed by atoms with Crippen LogP contribution < -0.4 is 0 Å². The monoisotopic (exact) mass is 414 g/mol. The third-order valence-corrected chi connectivity index (χ3v) is 5.40. The van der Waals surface area contributed by atoms with Crippen LogP contribution in [0.5, 0.6) is 0 Å². The van der Waals surface area contributed by atoms with E-state index in [0.717, 1.165) is 5.56 Å². The van der Waals surface area contributed by atoms with Gasteiger partial charge in [0.05, 0.1) is 12.2 Å². The number of carbonyl (C=O) groups excluding carboxylic acids is 3. The molecule has 0 N–H and O–H groups in total. The predicted molar refractivity (Wildman–Crippen MR) is 111 cm³/mol. The fraction of sp³-hybridized carbons (Fsp3) is 0.542. The number of esters is 2. The minimum Gasteiger partial charge on any atom is -0.465 e. The average Bonchev–Trinajstić information content (AvgIpc) is 2.93. The Kier molecular flexibility index (Phi) is 5.92. The highest BCUT2D eigenvalue weighted by Crippen LogP contribution is 2.52. The number of hydrogen-bond acceptors (Lipinski definition) is 6. The second kappa shape index (κ2) is 7.99. The summed E-state index contributed by atoms with van der Waals surface area (Å²) in [6.45, 7) is 8.88. The molecule has 0 unspecified atom stereocenters. The first-order valence-electron chi connectivity index (χ1n) is 10.4. The van der Waals surface area contributed by atoms with Crippen molar-refractivity contribution >= 4 is 17.7 Å². The molecule has 2 saturated heterocycles. The van der Waals surface area contributed by atoms with Crippen molar-refractivity contribution in [2.45, 2.75) is 70.7 Å². The van der Waals surface area contributed by atoms with E-state index in [0.29, 0.717) is 18.4 Å². The van der Waals surface area contributed by atoms with E-state index in [2.05, 4.69) is 0 Å². The van der Waals surface area contributed by atoms with E-state index >= 15 is 0 Å². The molecule has 2 aliphatic heterocycles. The molecule has 6 nitrogen and oxygen atoms in total. The number of hydrogen-bond donors (Lipinski definition) is 0. The Hall–Kier alpha value is -2.47. The molecule has 2 aliphatic rings. The van der Waals surface area contributed by atoms with Crippen LogP contribution in [0, 0.1) is 5.92 Å². The van der Waals surface area contributed by atoms with Crippen LogP contribution >= 0.6 is 0 Å². The molecule has 3 rings (SSSR count). The quantitative estimate of drug-likeness (QED) is 0.416. The molecule has 162 valence electrons. The van der Waals surface area contributed by atoms with Crippen molar-refractivity contribution in [2.24, 2.45) is 5.92 Å². The van der Waals surface area contributed by atoms with Crippen molar-refractivity contribution in [3.8, 4) is 0 Å². The van der Waals surface area contributed by atoms with Gasteiger partial charge in [-0.1, -0.05) is 36.4 Å². The van der Waals surface area contributed by atoms with Crippen molar-refractivity contribution in [3.05, 3.63) is 47.5 Å². The predicted octanol–water partition coefficient (Wildman–Crippen LogP) is 3.57. The molecule has 2 bridgehead atoms. The van der Waals surface area contributed by atoms with Crippen LogP contribution in [0.2, 0.25) is 0 Å². The van der Waals surface area contributed by atoms with Gasteiger partial charge in [-0.05, 0) is 58.6 Å². The number of ketones is 1. The van der Waals surface area contributed by atoms with Gasteiger partial charge in [-0.15, -0.1) is 0 Å². The van der Waals surface area contributed by atoms with E-state index in [1.54, 1.807) is 27.7 Å². The summed E-state index contributed by atoms with van der Waals surface area (Å²) in [5.74, 6) is -3.03. The van der Waals surface area contributed by atoms with E-state index in [9.17, 15) is 14.4 Å². The molecule has 0 aromatic heterocycles. The van der Waals surface area contributed by atoms with Crippen LogP contribution in [-0.4, -0.2) is 41.1 Å². The second-order valence-electron chi connectivity index (χ2n) is 9.20. The Labute approximate surface area is 177 Å². The minimum absolute atomic E-state index is 0.163. The summed E-state index contributed by atoms with van der Waals surface area (Å²) in [6, 6.07) is 9.75. The molecule has 0 aliphatic carbocycles. The van der Waals surface area contributed by atoms with Gasteiger partial charge in [0, 0.05) is 6.42 Å². The Morgan fingerprint density at radius 3 is 2.50 bits per heavy atom. The fourth-order valence-electron chi connectivity index (χ4n) is 4.22. The molecule has 2 fully saturated rings. The van der Waals surface area contributed by atoms with Gasteiger partial charge >= 0.3 is 11.9 Å². The standard InChI is InChI=1S/C24H30O6/c1-6-28-20(26)18-15-23(5)14-17(13-12-16-10-8-7-9-11-16)24(30-23,19(18)25)21(27)29-22(2,3)4/h7-11,13,18H,6,12,14-15H2,1-5H3/b17-13+/t18-,23+,24-/m1/s1. The summed E-state index contributed by atoms with van der Waals surface area (Å²) in [5.41, 5.74) is -1.95. The zero-order valence-corrected chi connectivity index (χ0v) is 18.3. The summed E-state index contributed by atoms with van der Waals surface area (Å²) in [5, 5.41) is 0. The first-order chi connectivity index (χ1) is 14.0. The second-order valence-corrected chi connectivity index (χ2v) is 9.20. The maximum absolute atomic E-state index is 13.5. The lowest BCUT2D eigenvalue weighted by atomic mass is 9.81. The van der Waals surface area contributed by atoms with Crippen LogP contribution in [0.1, 0.15) is 53.0 Å². The summed E-state index contributed by atoms with van der Waals surface area (Å²) in [7, 11) is 0. The van der Waals surface area contributed by atoms with Crippen molar-refractivity contribution in [1.82, 2.24) is 0 Å². The molecule has 3 atom stereocenters. The van der Waals surface area contributed by atoms with Gasteiger partial charge in [-0.25, -0.2) is 4.79 Å². The van der Waals surface area contributed by atoms with Crippen molar-refractivity contribution in [3.63, 3.8) is 0 Å². The smallest absolute Gasteiger partial charge is 0.351 e. The number of rotatable bonds is 5. The van der Waals surface area contributed by atoms with Crippen LogP contribution in [0.15, 0.2) is 42.0 Å². The fourth-order valence-corrected chi connectivity index (χ4v) is 4.22. The number of Topliss-reactive ketones (excluding diaryl/α,β-unsaturated/α-hetero) is 1. The largest absolute Gasteiger partial charge is 0.465 e. The topological polar surface area (TPSA) is 78.9 Å². The molecule has 0 spiro atoms. The van der Waals surface area contributed by atoms with Crippen LogP contribution in [0.25, 0.3) is 0 Å². The zero-order chi connectivity index (χ0) is 22.2. The van der Waals surface area contributed by atoms with E-state index < -0.39 is 40.4 Å². The third-order valence-electron chi connectivity index (χ3n) is 5.40. The average molecular weight is 414 g/mol. The summed E-state index contributed by atoms with van der Waals surface area (Å²) >= 11 is 0. The van der Waals surface area contributed by atoms with E-state index in [1.807, 2.05) is 43.3 Å². The van der Waals surface area contributed by atoms with Gasteiger partial charge in [-0.3, -0.25) is 9.59 Å². The number of allylic oxidation sites excluding steroid dienone is 1. The highest BCUT2D eigenvalue weighted by molar-refractivity contribution is 6.18. The van der Waals surface area contributed by atoms with Crippen LogP contribution in [-0.2, 0) is 35.0 Å². The van der Waals surface area contributed by atoms with Crippen molar-refractivity contribution in [1.29, 1.82) is 0 Å². The van der Waals surface area contributed by atoms with Gasteiger partial charge in [0.15, 0.2) is 5.78 Å². The highest BCUT2D eigenvalue weighted by atomic mass is 16.6. The Balaban J connectivity index is 2.05. The molecule has 6 heteroatoms. The maximum Gasteiger partial charge on any atom is 0.351 e. The Bertz CT molecular complexity index is 865. The lowest BCUT2D eigenvalue weighted by Gasteiger charge is -2.39. The van der Waals surface area contributed by atoms with E-state index in [1.165, 1.54) is 0 Å². The summed E-state index contributed by atoms with van der Waals surface area (Å²) in [6.07, 6.45) is 2.96. The molecule has 0 amide bonds. The molecule has 2 heterocycles. The summed E-state index contributed by atoms with van der Waals surface area (Å²) < 4.78 is 16.9. The lowest BCUT2D eigenvalue weighted by molar-refractivity contribution is -0.201. The molecule has 0 saturated carbocycles. The SMILES string of the molecule is CCOC(=O)[C@@H]1C[C@]2(C)C/C(=C\Cc3ccccc3)[C@@](C(=O)OC(C)(C)C)(O2)C1=O. The number of fused-ring (bicyclic) bond motifs is 2. The van der Waals surface area contributed by atoms with Crippen LogP contribution in [0.3, 0.4) is 0 Å². The molecular weight excluding hydrogens is 384 g/mol. The Morgan fingerprint density at radius 1 is 1.23 bits per heavy atom. The highest BCUT2D eigenvalue weighted by Gasteiger charge is 2.68. The van der Waals surface area contributed by atoms with E-state index in [-0.39, 0.29) is 13.0 Å².